The van der Waals surface area contributed by atoms with Gasteiger partial charge in [-0.2, -0.15) is 0 Å². The van der Waals surface area contributed by atoms with E-state index in [0.717, 1.165) is 4.91 Å². The fourth-order valence-corrected chi connectivity index (χ4v) is 7.28. The third-order valence-electron chi connectivity index (χ3n) is 6.38. The van der Waals surface area contributed by atoms with Crippen LogP contribution < -0.4 is 16.0 Å². The first-order chi connectivity index (χ1) is 15.9. The van der Waals surface area contributed by atoms with E-state index in [-0.39, 0.29) is 12.1 Å². The Morgan fingerprint density at radius 2 is 2.06 bits per heavy atom. The molecule has 6 rings (SSSR count). The SMILES string of the molecule is B[PH]1(O)OCC2OC(N3c4ncnc(N)c4NC3SC3=CC4C=CC=C[C@H]4C=C3)C(O)[C@@H]2O1. The standard InChI is InChI=1S/C20H25BN5O5PS/c21-32(28)29-8-13-16(31-32)15(27)19(30-13)26-18-14(17(22)23-9-24-18)25-20(26)33-12-6-5-10-3-1-2-4-11(10)7-12/h1-7,9-11,13,15-16,19-20,25,27-28,32H,8,21H2,(H2,22,23,24)/t10-,11?,13?,15?,16+,19?,20?/m0/s1. The van der Waals surface area contributed by atoms with Gasteiger partial charge < -0.3 is 0 Å². The molecule has 1 aromatic heterocycles. The van der Waals surface area contributed by atoms with Crippen molar-refractivity contribution in [2.75, 3.05) is 22.6 Å². The van der Waals surface area contributed by atoms with Crippen molar-refractivity contribution in [1.29, 1.82) is 0 Å². The van der Waals surface area contributed by atoms with E-state index < -0.39 is 32.4 Å². The molecular formula is C20H25BN5O5PS. The van der Waals surface area contributed by atoms with E-state index >= 15 is 0 Å². The third kappa shape index (κ3) is 3.79. The monoisotopic (exact) mass is 489 g/mol. The Hall–Kier alpha value is -1.92. The first-order valence-corrected chi connectivity index (χ1v) is 14.0. The molecular weight excluding hydrogens is 464 g/mol. The maximum atomic E-state index is 11.2. The van der Waals surface area contributed by atoms with Gasteiger partial charge in [0.15, 0.2) is 0 Å². The number of thioether (sulfide) groups is 1. The van der Waals surface area contributed by atoms with Gasteiger partial charge >= 0.3 is 190 Å². The molecule has 0 spiro atoms. The zero-order valence-corrected chi connectivity index (χ0v) is 19.6. The van der Waals surface area contributed by atoms with Crippen LogP contribution in [0.1, 0.15) is 0 Å². The van der Waals surface area contributed by atoms with E-state index in [1.807, 2.05) is 4.90 Å². The Morgan fingerprint density at radius 3 is 2.91 bits per heavy atom. The molecule has 2 saturated heterocycles. The van der Waals surface area contributed by atoms with Gasteiger partial charge in [0.05, 0.1) is 0 Å². The van der Waals surface area contributed by atoms with Crippen LogP contribution in [0.15, 0.2) is 53.8 Å². The van der Waals surface area contributed by atoms with E-state index in [1.54, 1.807) is 11.8 Å². The second kappa shape index (κ2) is 8.09. The number of rotatable bonds is 3. The molecule has 3 aliphatic heterocycles. The number of aliphatic hydroxyl groups excluding tert-OH is 1. The summed E-state index contributed by atoms with van der Waals surface area (Å²) in [5, 5.41) is 14.6. The van der Waals surface area contributed by atoms with Crippen LogP contribution in [-0.4, -0.2) is 64.2 Å². The molecule has 0 amide bonds. The van der Waals surface area contributed by atoms with Crippen molar-refractivity contribution in [1.82, 2.24) is 9.97 Å². The predicted molar refractivity (Wildman–Crippen MR) is 131 cm³/mol. The summed E-state index contributed by atoms with van der Waals surface area (Å²) in [6.07, 6.45) is 13.5. The Morgan fingerprint density at radius 1 is 1.24 bits per heavy atom. The summed E-state index contributed by atoms with van der Waals surface area (Å²) >= 11 is 1.58. The summed E-state index contributed by atoms with van der Waals surface area (Å²) in [7, 11) is -1.76. The molecule has 0 bridgehead atoms. The van der Waals surface area contributed by atoms with Crippen LogP contribution in [0.5, 0.6) is 0 Å². The number of nitrogens with one attached hydrogen (secondary N) is 1. The van der Waals surface area contributed by atoms with Crippen molar-refractivity contribution in [3.63, 3.8) is 0 Å². The van der Waals surface area contributed by atoms with Gasteiger partial charge in [0.2, 0.25) is 0 Å². The van der Waals surface area contributed by atoms with Crippen LogP contribution in [0.3, 0.4) is 0 Å². The minimum absolute atomic E-state index is 0.159. The van der Waals surface area contributed by atoms with Crippen LogP contribution >= 0.6 is 19.6 Å². The second-order valence-electron chi connectivity index (χ2n) is 8.68. The zero-order chi connectivity index (χ0) is 22.7. The molecule has 174 valence electrons. The molecule has 1 aromatic rings. The zero-order valence-electron chi connectivity index (χ0n) is 17.8. The number of anilines is 3. The van der Waals surface area contributed by atoms with Gasteiger partial charge in [-0.05, 0) is 0 Å². The molecule has 5 N–H and O–H groups in total. The summed E-state index contributed by atoms with van der Waals surface area (Å²) in [6.45, 7) is 0.159. The molecule has 0 aromatic carbocycles. The molecule has 5 aliphatic rings. The molecule has 2 fully saturated rings. The Bertz CT molecular complexity index is 1090. The normalized spacial score (nSPS) is 38.8. The fraction of sp³-hybridized carbons (Fsp3) is 0.400. The van der Waals surface area contributed by atoms with Crippen molar-refractivity contribution in [3.8, 4) is 0 Å². The number of hydrogen-bond acceptors (Lipinski definition) is 11. The molecule has 2 aliphatic carbocycles. The van der Waals surface area contributed by atoms with Crippen LogP contribution in [0.2, 0.25) is 0 Å². The number of fused-ring (bicyclic) bond motifs is 3. The van der Waals surface area contributed by atoms with E-state index in [1.165, 1.54) is 13.9 Å². The quantitative estimate of drug-likeness (QED) is 0.352. The van der Waals surface area contributed by atoms with Crippen LogP contribution in [0, 0.1) is 11.8 Å². The molecule has 13 heteroatoms. The molecule has 0 radical (unpaired) electrons. The van der Waals surface area contributed by atoms with Crippen molar-refractivity contribution >= 4 is 44.5 Å². The van der Waals surface area contributed by atoms with Gasteiger partial charge in [-0.15, -0.1) is 0 Å². The number of allylic oxidation sites excluding steroid dienone is 7. The van der Waals surface area contributed by atoms with E-state index in [9.17, 15) is 10.00 Å². The van der Waals surface area contributed by atoms with Gasteiger partial charge in [-0.25, -0.2) is 0 Å². The van der Waals surface area contributed by atoms with E-state index in [2.05, 4.69) is 57.8 Å². The molecule has 7 atom stereocenters. The van der Waals surface area contributed by atoms with Gasteiger partial charge in [-0.1, -0.05) is 6.08 Å². The average Bonchev–Trinajstić information content (AvgIpc) is 3.31. The van der Waals surface area contributed by atoms with E-state index in [4.69, 9.17) is 19.5 Å². The average molecular weight is 489 g/mol. The van der Waals surface area contributed by atoms with Crippen molar-refractivity contribution < 1.29 is 23.8 Å². The molecule has 10 nitrogen and oxygen atoms in total. The minimum atomic E-state index is -3.29. The van der Waals surface area contributed by atoms with Crippen LogP contribution in [0.25, 0.3) is 0 Å². The summed E-state index contributed by atoms with van der Waals surface area (Å²) < 4.78 is 17.3. The van der Waals surface area contributed by atoms with Crippen molar-refractivity contribution in [2.24, 2.45) is 11.8 Å². The third-order valence-corrected chi connectivity index (χ3v) is 8.91. The summed E-state index contributed by atoms with van der Waals surface area (Å²) in [4.78, 5) is 21.8. The Kier molecular flexibility index (Phi) is 5.30. The summed E-state index contributed by atoms with van der Waals surface area (Å²) in [5.74, 6) is 1.54. The van der Waals surface area contributed by atoms with Crippen molar-refractivity contribution in [2.45, 2.75) is 30.0 Å². The first kappa shape index (κ1) is 21.6. The summed E-state index contributed by atoms with van der Waals surface area (Å²) in [6, 6.07) is 0. The van der Waals surface area contributed by atoms with Crippen LogP contribution in [0.4, 0.5) is 17.3 Å². The molecule has 0 saturated carbocycles. The Labute approximate surface area is 196 Å². The topological polar surface area (TPSA) is 135 Å². The van der Waals surface area contributed by atoms with Gasteiger partial charge in [-0.3, -0.25) is 0 Å². The second-order valence-corrected chi connectivity index (χ2v) is 12.2. The van der Waals surface area contributed by atoms with Crippen molar-refractivity contribution in [3.05, 3.63) is 53.8 Å². The van der Waals surface area contributed by atoms with Gasteiger partial charge in [0.1, 0.15) is 0 Å². The predicted octanol–water partition coefficient (Wildman–Crippen LogP) is 0.656. The number of nitrogen functional groups attached to an aromatic ring is 1. The summed E-state index contributed by atoms with van der Waals surface area (Å²) in [5.41, 5.74) is 6.37. The number of nitrogens with two attached hydrogens (primary N) is 1. The maximum absolute atomic E-state index is 11.2. The van der Waals surface area contributed by atoms with Gasteiger partial charge in [0, 0.05) is 0 Å². The number of aromatic nitrogens is 2. The molecule has 33 heavy (non-hydrogen) atoms. The molecule has 4 heterocycles. The van der Waals surface area contributed by atoms with E-state index in [0.29, 0.717) is 29.2 Å². The number of hydrogen-bond donors (Lipinski definition) is 4. The Balaban J connectivity index is 1.30. The first-order valence-electron chi connectivity index (χ1n) is 10.8. The molecule has 5 unspecified atom stereocenters. The fourth-order valence-electron chi connectivity index (χ4n) is 4.78. The van der Waals surface area contributed by atoms with Gasteiger partial charge in [0.25, 0.3) is 0 Å². The number of ether oxygens (including phenoxy) is 1. The number of aliphatic hydroxyl groups is 1. The number of nitrogens with zero attached hydrogens (tertiary/aromatic N) is 3. The van der Waals surface area contributed by atoms with Crippen LogP contribution in [-0.2, 0) is 13.8 Å².